The highest BCUT2D eigenvalue weighted by Gasteiger charge is 2.23. The fourth-order valence-electron chi connectivity index (χ4n) is 2.72. The summed E-state index contributed by atoms with van der Waals surface area (Å²) in [4.78, 5) is 4.60. The van der Waals surface area contributed by atoms with Gasteiger partial charge in [0.25, 0.3) is 10.0 Å². The molecule has 0 radical (unpaired) electrons. The van der Waals surface area contributed by atoms with E-state index in [0.29, 0.717) is 16.7 Å². The van der Waals surface area contributed by atoms with Gasteiger partial charge in [0.15, 0.2) is 0 Å². The van der Waals surface area contributed by atoms with Crippen LogP contribution in [0.5, 0.6) is 0 Å². The molecule has 0 spiro atoms. The first-order valence-corrected chi connectivity index (χ1v) is 9.34. The Kier molecular flexibility index (Phi) is 4.09. The topological polar surface area (TPSA) is 64.0 Å². The van der Waals surface area contributed by atoms with Crippen molar-refractivity contribution in [2.45, 2.75) is 38.6 Å². The van der Waals surface area contributed by atoms with Gasteiger partial charge in [-0.2, -0.15) is 0 Å². The lowest BCUT2D eigenvalue weighted by Crippen LogP contribution is -2.14. The predicted molar refractivity (Wildman–Crippen MR) is 96.8 cm³/mol. The molecule has 0 unspecified atom stereocenters. The van der Waals surface area contributed by atoms with Crippen molar-refractivity contribution >= 4 is 26.7 Å². The second-order valence-electron chi connectivity index (χ2n) is 6.22. The Bertz CT molecular complexity index is 1000. The Hall–Kier alpha value is -2.34. The van der Waals surface area contributed by atoms with Gasteiger partial charge in [0.1, 0.15) is 10.5 Å². The van der Waals surface area contributed by atoms with E-state index in [0.717, 1.165) is 11.1 Å². The molecule has 1 N–H and O–H groups in total. The predicted octanol–water partition coefficient (Wildman–Crippen LogP) is 4.03. The number of benzene rings is 1. The molecule has 2 aromatic heterocycles. The summed E-state index contributed by atoms with van der Waals surface area (Å²) in [5.74, 6) is 0. The molecule has 6 heteroatoms. The van der Waals surface area contributed by atoms with Crippen LogP contribution in [0.15, 0.2) is 47.6 Å². The van der Waals surface area contributed by atoms with E-state index in [1.165, 1.54) is 0 Å². The molecule has 3 rings (SSSR count). The first-order valence-electron chi connectivity index (χ1n) is 7.86. The van der Waals surface area contributed by atoms with E-state index < -0.39 is 10.0 Å². The molecular formula is C18H21N3O2S. The summed E-state index contributed by atoms with van der Waals surface area (Å²) >= 11 is 0. The van der Waals surface area contributed by atoms with Crippen molar-refractivity contribution in [3.8, 4) is 0 Å². The van der Waals surface area contributed by atoms with Gasteiger partial charge in [-0.1, -0.05) is 12.1 Å². The Morgan fingerprint density at radius 1 is 1.12 bits per heavy atom. The van der Waals surface area contributed by atoms with Crippen LogP contribution in [-0.2, 0) is 10.0 Å². The van der Waals surface area contributed by atoms with Crippen LogP contribution in [0.1, 0.15) is 31.0 Å². The molecule has 0 amide bonds. The highest BCUT2D eigenvalue weighted by Crippen LogP contribution is 2.29. The fourth-order valence-corrected chi connectivity index (χ4v) is 4.04. The summed E-state index contributed by atoms with van der Waals surface area (Å²) in [5, 5.41) is 0.629. The van der Waals surface area contributed by atoms with E-state index in [2.05, 4.69) is 9.71 Å². The molecule has 24 heavy (non-hydrogen) atoms. The van der Waals surface area contributed by atoms with Crippen LogP contribution >= 0.6 is 0 Å². The Labute approximate surface area is 142 Å². The average Bonchev–Trinajstić information content (AvgIpc) is 2.92. The van der Waals surface area contributed by atoms with E-state index in [1.807, 2.05) is 44.4 Å². The molecule has 0 saturated heterocycles. The molecule has 0 atom stereocenters. The van der Waals surface area contributed by atoms with E-state index in [9.17, 15) is 8.42 Å². The quantitative estimate of drug-likeness (QED) is 0.778. The number of anilines is 1. The molecule has 3 aromatic rings. The largest absolute Gasteiger partial charge is 0.329 e. The summed E-state index contributed by atoms with van der Waals surface area (Å²) in [7, 11) is -3.70. The van der Waals surface area contributed by atoms with Crippen molar-refractivity contribution in [1.82, 2.24) is 9.55 Å². The third-order valence-corrected chi connectivity index (χ3v) is 5.64. The molecule has 0 aliphatic heterocycles. The molecule has 126 valence electrons. The summed E-state index contributed by atoms with van der Waals surface area (Å²) in [6, 6.07) is 9.25. The Morgan fingerprint density at radius 2 is 1.88 bits per heavy atom. The van der Waals surface area contributed by atoms with Crippen LogP contribution in [0.2, 0.25) is 0 Å². The summed E-state index contributed by atoms with van der Waals surface area (Å²) in [6.45, 7) is 7.87. The van der Waals surface area contributed by atoms with Crippen molar-refractivity contribution in [1.29, 1.82) is 0 Å². The summed E-state index contributed by atoms with van der Waals surface area (Å²) in [5.41, 5.74) is 3.24. The van der Waals surface area contributed by atoms with E-state index in [-0.39, 0.29) is 10.9 Å². The summed E-state index contributed by atoms with van der Waals surface area (Å²) < 4.78 is 30.5. The average molecular weight is 343 g/mol. The lowest BCUT2D eigenvalue weighted by Gasteiger charge is -2.11. The normalized spacial score (nSPS) is 12.0. The van der Waals surface area contributed by atoms with Crippen LogP contribution < -0.4 is 4.72 Å². The number of fused-ring (bicyclic) bond motifs is 1. The molecule has 0 fully saturated rings. The monoisotopic (exact) mass is 343 g/mol. The second-order valence-corrected chi connectivity index (χ2v) is 7.87. The second kappa shape index (κ2) is 5.94. The number of nitrogens with zero attached hydrogens (tertiary/aromatic N) is 2. The number of pyridine rings is 1. The van der Waals surface area contributed by atoms with Gasteiger partial charge in [-0.15, -0.1) is 0 Å². The molecule has 1 aromatic carbocycles. The van der Waals surface area contributed by atoms with Crippen molar-refractivity contribution in [2.24, 2.45) is 0 Å². The molecule has 0 aliphatic carbocycles. The number of hydrogen-bond donors (Lipinski definition) is 1. The number of hydrogen-bond acceptors (Lipinski definition) is 3. The molecular weight excluding hydrogens is 322 g/mol. The maximum absolute atomic E-state index is 13.0. The van der Waals surface area contributed by atoms with Gasteiger partial charge in [-0.25, -0.2) is 13.4 Å². The third-order valence-electron chi connectivity index (χ3n) is 4.25. The van der Waals surface area contributed by atoms with Gasteiger partial charge in [0.05, 0.1) is 5.69 Å². The van der Waals surface area contributed by atoms with Crippen LogP contribution in [0, 0.1) is 13.8 Å². The smallest absolute Gasteiger partial charge is 0.264 e. The fraction of sp³-hybridized carbons (Fsp3) is 0.278. The van der Waals surface area contributed by atoms with Crippen molar-refractivity contribution in [2.75, 3.05) is 4.72 Å². The first kappa shape index (κ1) is 16.5. The zero-order valence-electron chi connectivity index (χ0n) is 14.2. The molecule has 0 aliphatic rings. The highest BCUT2D eigenvalue weighted by atomic mass is 32.2. The molecule has 2 heterocycles. The Balaban J connectivity index is 2.14. The van der Waals surface area contributed by atoms with Gasteiger partial charge in [0.2, 0.25) is 0 Å². The number of rotatable bonds is 4. The van der Waals surface area contributed by atoms with Crippen LogP contribution in [0.3, 0.4) is 0 Å². The minimum Gasteiger partial charge on any atom is -0.329 e. The van der Waals surface area contributed by atoms with E-state index in [1.54, 1.807) is 30.6 Å². The first-order chi connectivity index (χ1) is 11.3. The van der Waals surface area contributed by atoms with Gasteiger partial charge in [0, 0.05) is 23.8 Å². The van der Waals surface area contributed by atoms with Crippen LogP contribution in [-0.4, -0.2) is 18.0 Å². The maximum atomic E-state index is 13.0. The van der Waals surface area contributed by atoms with Gasteiger partial charge in [-0.05, 0) is 57.0 Å². The zero-order chi connectivity index (χ0) is 17.5. The third kappa shape index (κ3) is 2.78. The number of nitrogens with one attached hydrogen (secondary N) is 1. The summed E-state index contributed by atoms with van der Waals surface area (Å²) in [6.07, 6.45) is 3.34. The number of aryl methyl sites for hydroxylation is 1. The zero-order valence-corrected chi connectivity index (χ0v) is 15.1. The van der Waals surface area contributed by atoms with Crippen molar-refractivity contribution in [3.63, 3.8) is 0 Å². The lowest BCUT2D eigenvalue weighted by molar-refractivity contribution is 0.596. The molecule has 5 nitrogen and oxygen atoms in total. The van der Waals surface area contributed by atoms with E-state index in [4.69, 9.17) is 0 Å². The minimum absolute atomic E-state index is 0.118. The van der Waals surface area contributed by atoms with Crippen molar-refractivity contribution < 1.29 is 8.42 Å². The minimum atomic E-state index is -3.70. The van der Waals surface area contributed by atoms with Gasteiger partial charge in [-0.3, -0.25) is 4.72 Å². The number of sulfonamides is 1. The van der Waals surface area contributed by atoms with Gasteiger partial charge < -0.3 is 4.57 Å². The molecule has 0 saturated carbocycles. The van der Waals surface area contributed by atoms with Gasteiger partial charge >= 0.3 is 0 Å². The van der Waals surface area contributed by atoms with Crippen LogP contribution in [0.4, 0.5) is 5.69 Å². The Morgan fingerprint density at radius 3 is 2.58 bits per heavy atom. The highest BCUT2D eigenvalue weighted by molar-refractivity contribution is 7.93. The van der Waals surface area contributed by atoms with Crippen molar-refractivity contribution in [3.05, 3.63) is 53.9 Å². The van der Waals surface area contributed by atoms with E-state index >= 15 is 0 Å². The lowest BCUT2D eigenvalue weighted by atomic mass is 10.1. The maximum Gasteiger partial charge on any atom is 0.264 e. The number of aromatic nitrogens is 2. The van der Waals surface area contributed by atoms with Crippen LogP contribution in [0.25, 0.3) is 11.0 Å². The SMILES string of the molecule is Cc1cccc(NS(=O)(=O)c2cn(C(C)C)c3ncccc23)c1C. The standard InChI is InChI=1S/C18H21N3O2S/c1-12(2)21-11-17(15-8-6-10-19-18(15)21)24(22,23)20-16-9-5-7-13(3)14(16)4/h5-12,20H,1-4H3. The molecule has 0 bridgehead atoms.